The summed E-state index contributed by atoms with van der Waals surface area (Å²) in [6.45, 7) is 2.45. The van der Waals surface area contributed by atoms with Crippen LogP contribution in [-0.4, -0.2) is 5.97 Å². The van der Waals surface area contributed by atoms with Crippen molar-refractivity contribution in [3.8, 4) is 0 Å². The molecule has 2 atom stereocenters. The van der Waals surface area contributed by atoms with E-state index in [1.165, 1.54) is 64.2 Å². The Labute approximate surface area is 163 Å². The van der Waals surface area contributed by atoms with Gasteiger partial charge in [-0.15, -0.1) is 0 Å². The molecule has 4 aliphatic rings. The summed E-state index contributed by atoms with van der Waals surface area (Å²) in [7, 11) is 0. The Morgan fingerprint density at radius 3 is 2.35 bits per heavy atom. The van der Waals surface area contributed by atoms with E-state index in [2.05, 4.69) is 17.4 Å². The van der Waals surface area contributed by atoms with Crippen LogP contribution in [0.5, 0.6) is 0 Å². The molecule has 0 aromatic rings. The van der Waals surface area contributed by atoms with E-state index >= 15 is 0 Å². The van der Waals surface area contributed by atoms with E-state index in [-0.39, 0.29) is 11.9 Å². The first-order valence-electron chi connectivity index (χ1n) is 11.2. The fourth-order valence-corrected chi connectivity index (χ4v) is 10.8. The van der Waals surface area contributed by atoms with Crippen molar-refractivity contribution >= 4 is 5.97 Å². The molecule has 0 aliphatic heterocycles. The van der Waals surface area contributed by atoms with Gasteiger partial charge in [-0.1, -0.05) is 0 Å². The van der Waals surface area contributed by atoms with Crippen LogP contribution in [-0.2, 0) is 25.1 Å². The van der Waals surface area contributed by atoms with Crippen LogP contribution in [0.15, 0.2) is 22.3 Å². The van der Waals surface area contributed by atoms with Crippen molar-refractivity contribution in [1.29, 1.82) is 0 Å². The van der Waals surface area contributed by atoms with Crippen LogP contribution >= 0.6 is 0 Å². The van der Waals surface area contributed by atoms with Crippen LogP contribution < -0.4 is 0 Å². The zero-order valence-electron chi connectivity index (χ0n) is 17.0. The third-order valence-electron chi connectivity index (χ3n) is 7.65. The number of rotatable bonds is 3. The molecule has 0 N–H and O–H groups in total. The number of carbonyl (C=O) groups is 1. The molecule has 0 radical (unpaired) electrons. The van der Waals surface area contributed by atoms with Crippen molar-refractivity contribution in [2.75, 3.05) is 0 Å². The SMILES string of the molecule is CC1C2=C(CCCC2)C2=C1[CH]([Ti]([CH3])([CH3])[O]C(=O)C1CCCCC1)CCC2. The predicted octanol–water partition coefficient (Wildman–Crippen LogP) is 7.06. The Morgan fingerprint density at radius 1 is 0.885 bits per heavy atom. The van der Waals surface area contributed by atoms with Crippen molar-refractivity contribution < 1.29 is 25.1 Å². The van der Waals surface area contributed by atoms with Gasteiger partial charge in [0.2, 0.25) is 0 Å². The summed E-state index contributed by atoms with van der Waals surface area (Å²) in [6.07, 6.45) is 15.0. The molecule has 2 nitrogen and oxygen atoms in total. The van der Waals surface area contributed by atoms with E-state index in [1.807, 2.05) is 0 Å². The summed E-state index contributed by atoms with van der Waals surface area (Å²) in [5.41, 5.74) is 6.94. The Balaban J connectivity index is 1.54. The van der Waals surface area contributed by atoms with Gasteiger partial charge in [-0.05, 0) is 0 Å². The molecule has 0 aromatic heterocycles. The molecule has 0 amide bonds. The zero-order chi connectivity index (χ0) is 18.3. The van der Waals surface area contributed by atoms with Crippen molar-refractivity contribution in [2.45, 2.75) is 98.7 Å². The Hall–Kier alpha value is -0.336. The van der Waals surface area contributed by atoms with Crippen molar-refractivity contribution in [2.24, 2.45) is 11.8 Å². The van der Waals surface area contributed by atoms with Crippen molar-refractivity contribution in [3.05, 3.63) is 22.3 Å². The number of hydrogen-bond donors (Lipinski definition) is 0. The van der Waals surface area contributed by atoms with E-state index in [4.69, 9.17) is 3.32 Å². The zero-order valence-corrected chi connectivity index (χ0v) is 18.6. The van der Waals surface area contributed by atoms with E-state index in [1.54, 1.807) is 22.3 Å². The molecular weight excluding hydrogens is 356 g/mol. The van der Waals surface area contributed by atoms with Gasteiger partial charge >= 0.3 is 164 Å². The molecule has 26 heavy (non-hydrogen) atoms. The quantitative estimate of drug-likeness (QED) is 0.480. The molecule has 4 aliphatic carbocycles. The molecule has 3 heteroatoms. The first kappa shape index (κ1) is 19.0. The summed E-state index contributed by atoms with van der Waals surface area (Å²) in [6, 6.07) is 0. The standard InChI is InChI=1S/C14H19.C7H12O2.2CH3.Ti/c1-10-11-6-2-4-8-13(11)14-9-5-3-7-12(10)14;8-7(9)6-4-2-1-3-5-6;;;/h6,10H,2-5,7-9H2,1H3;6H,1-5H2,(H,8,9);2*1H3;/q;;;;+1/p-1. The fraction of sp³-hybridized carbons (Fsp3) is 0.783. The summed E-state index contributed by atoms with van der Waals surface area (Å²) >= 11 is -2.67. The number of carbonyl (C=O) groups excluding carboxylic acids is 1. The molecule has 4 rings (SSSR count). The van der Waals surface area contributed by atoms with Crippen LogP contribution in [0.2, 0.25) is 14.7 Å². The average Bonchev–Trinajstić information content (AvgIpc) is 2.95. The van der Waals surface area contributed by atoms with Gasteiger partial charge in [-0.2, -0.15) is 0 Å². The number of allylic oxidation sites excluding steroid dienone is 4. The molecule has 144 valence electrons. The van der Waals surface area contributed by atoms with Crippen LogP contribution in [0.1, 0.15) is 84.0 Å². The maximum atomic E-state index is 12.9. The fourth-order valence-electron chi connectivity index (χ4n) is 6.29. The molecule has 2 unspecified atom stereocenters. The molecule has 0 heterocycles. The molecule has 0 bridgehead atoms. The molecule has 1 fully saturated rings. The second-order valence-electron chi connectivity index (χ2n) is 9.67. The maximum absolute atomic E-state index is 12.9. The van der Waals surface area contributed by atoms with E-state index in [0.717, 1.165) is 12.8 Å². The van der Waals surface area contributed by atoms with Gasteiger partial charge in [0.1, 0.15) is 0 Å². The van der Waals surface area contributed by atoms with Gasteiger partial charge in [-0.3, -0.25) is 0 Å². The third kappa shape index (κ3) is 3.41. The first-order valence-corrected chi connectivity index (χ1v) is 15.8. The van der Waals surface area contributed by atoms with Gasteiger partial charge < -0.3 is 0 Å². The van der Waals surface area contributed by atoms with Crippen molar-refractivity contribution in [1.82, 2.24) is 0 Å². The van der Waals surface area contributed by atoms with Gasteiger partial charge in [0, 0.05) is 0 Å². The number of hydrogen-bond acceptors (Lipinski definition) is 2. The van der Waals surface area contributed by atoms with Gasteiger partial charge in [0.15, 0.2) is 0 Å². The second-order valence-corrected chi connectivity index (χ2v) is 16.1. The van der Waals surface area contributed by atoms with Gasteiger partial charge in [0.25, 0.3) is 0 Å². The molecule has 0 spiro atoms. The first-order chi connectivity index (χ1) is 12.5. The number of fused-ring (bicyclic) bond motifs is 1. The van der Waals surface area contributed by atoms with Crippen LogP contribution in [0.3, 0.4) is 0 Å². The van der Waals surface area contributed by atoms with Crippen LogP contribution in [0.25, 0.3) is 0 Å². The summed E-state index contributed by atoms with van der Waals surface area (Å²) in [5, 5.41) is 4.73. The Bertz CT molecular complexity index is 637. The Morgan fingerprint density at radius 2 is 1.58 bits per heavy atom. The second kappa shape index (κ2) is 7.59. The average molecular weight is 392 g/mol. The van der Waals surface area contributed by atoms with E-state index in [9.17, 15) is 4.79 Å². The van der Waals surface area contributed by atoms with Crippen molar-refractivity contribution in [3.63, 3.8) is 0 Å². The summed E-state index contributed by atoms with van der Waals surface area (Å²) < 4.78 is 7.01. The molecule has 0 aromatic carbocycles. The van der Waals surface area contributed by atoms with Crippen LogP contribution in [0, 0.1) is 11.8 Å². The topological polar surface area (TPSA) is 26.3 Å². The third-order valence-corrected chi connectivity index (χ3v) is 12.3. The molecule has 0 saturated heterocycles. The van der Waals surface area contributed by atoms with Gasteiger partial charge in [-0.25, -0.2) is 0 Å². The van der Waals surface area contributed by atoms with Crippen LogP contribution in [0.4, 0.5) is 0 Å². The minimum absolute atomic E-state index is 0.158. The Kier molecular flexibility index (Phi) is 5.55. The normalized spacial score (nSPS) is 30.3. The van der Waals surface area contributed by atoms with E-state index < -0.39 is 17.0 Å². The minimum atomic E-state index is -2.67. The summed E-state index contributed by atoms with van der Waals surface area (Å²) in [4.78, 5) is 12.9. The monoisotopic (exact) mass is 392 g/mol. The summed E-state index contributed by atoms with van der Waals surface area (Å²) in [5.74, 6) is 0.979. The predicted molar refractivity (Wildman–Crippen MR) is 104 cm³/mol. The van der Waals surface area contributed by atoms with Gasteiger partial charge in [0.05, 0.1) is 0 Å². The molecule has 1 saturated carbocycles. The molecular formula is C23H36O2Ti. The van der Waals surface area contributed by atoms with E-state index in [0.29, 0.717) is 10.1 Å².